The molecule has 0 saturated carbocycles. The Morgan fingerprint density at radius 1 is 1.20 bits per heavy atom. The highest BCUT2D eigenvalue weighted by atomic mass is 16.5. The number of rotatable bonds is 1. The van der Waals surface area contributed by atoms with Crippen LogP contribution in [-0.2, 0) is 12.8 Å². The minimum absolute atomic E-state index is 0.577. The Bertz CT molecular complexity index is 339. The maximum absolute atomic E-state index is 5.57. The number of hydrogen-bond acceptors (Lipinski definition) is 3. The van der Waals surface area contributed by atoms with Crippen LogP contribution >= 0.6 is 0 Å². The highest BCUT2D eigenvalue weighted by molar-refractivity contribution is 5.28. The molecule has 0 spiro atoms. The lowest BCUT2D eigenvalue weighted by molar-refractivity contribution is 0.325. The van der Waals surface area contributed by atoms with Gasteiger partial charge in [-0.2, -0.15) is 0 Å². The van der Waals surface area contributed by atoms with Crippen molar-refractivity contribution in [3.05, 3.63) is 17.0 Å². The van der Waals surface area contributed by atoms with Gasteiger partial charge in [0.1, 0.15) is 5.76 Å². The lowest BCUT2D eigenvalue weighted by Crippen LogP contribution is -2.28. The summed E-state index contributed by atoms with van der Waals surface area (Å²) in [4.78, 5) is 0. The molecule has 82 valence electrons. The van der Waals surface area contributed by atoms with Crippen LogP contribution < -0.4 is 5.32 Å². The third-order valence-corrected chi connectivity index (χ3v) is 3.66. The van der Waals surface area contributed by atoms with Gasteiger partial charge in [-0.1, -0.05) is 5.16 Å². The Balaban J connectivity index is 1.87. The predicted molar refractivity (Wildman–Crippen MR) is 58.0 cm³/mol. The summed E-state index contributed by atoms with van der Waals surface area (Å²) >= 11 is 0. The first-order chi connectivity index (χ1) is 7.45. The van der Waals surface area contributed by atoms with Crippen molar-refractivity contribution in [2.24, 2.45) is 0 Å². The molecule has 3 heteroatoms. The monoisotopic (exact) mass is 206 g/mol. The fourth-order valence-corrected chi connectivity index (χ4v) is 2.81. The van der Waals surface area contributed by atoms with Gasteiger partial charge in [0.05, 0.1) is 5.69 Å². The topological polar surface area (TPSA) is 38.1 Å². The van der Waals surface area contributed by atoms with Gasteiger partial charge in [0.25, 0.3) is 0 Å². The van der Waals surface area contributed by atoms with E-state index in [0.29, 0.717) is 5.92 Å². The number of nitrogens with zero attached hydrogens (tertiary/aromatic N) is 1. The normalized spacial score (nSPS) is 26.3. The third kappa shape index (κ3) is 1.69. The van der Waals surface area contributed by atoms with Crippen LogP contribution in [0.1, 0.15) is 48.6 Å². The van der Waals surface area contributed by atoms with Crippen LogP contribution in [0.3, 0.4) is 0 Å². The largest absolute Gasteiger partial charge is 0.360 e. The summed E-state index contributed by atoms with van der Waals surface area (Å²) in [6.45, 7) is 2.23. The van der Waals surface area contributed by atoms with Crippen molar-refractivity contribution in [1.82, 2.24) is 10.5 Å². The van der Waals surface area contributed by atoms with Crippen molar-refractivity contribution in [2.75, 3.05) is 13.1 Å². The maximum Gasteiger partial charge on any atom is 0.144 e. The Morgan fingerprint density at radius 2 is 2.13 bits per heavy atom. The zero-order valence-corrected chi connectivity index (χ0v) is 9.09. The van der Waals surface area contributed by atoms with E-state index in [1.807, 2.05) is 0 Å². The molecule has 0 aromatic carbocycles. The number of hydrogen-bond donors (Lipinski definition) is 1. The van der Waals surface area contributed by atoms with Gasteiger partial charge < -0.3 is 9.84 Å². The van der Waals surface area contributed by atoms with Crippen LogP contribution in [0.5, 0.6) is 0 Å². The minimum Gasteiger partial charge on any atom is -0.360 e. The van der Waals surface area contributed by atoms with E-state index < -0.39 is 0 Å². The van der Waals surface area contributed by atoms with Crippen molar-refractivity contribution >= 4 is 0 Å². The van der Waals surface area contributed by atoms with Crippen LogP contribution in [0.25, 0.3) is 0 Å². The second kappa shape index (κ2) is 3.97. The Hall–Kier alpha value is -0.830. The van der Waals surface area contributed by atoms with Gasteiger partial charge in [0.2, 0.25) is 0 Å². The van der Waals surface area contributed by atoms with Gasteiger partial charge in [-0.15, -0.1) is 0 Å². The molecule has 3 rings (SSSR count). The summed E-state index contributed by atoms with van der Waals surface area (Å²) in [5, 5.41) is 7.67. The molecule has 1 unspecified atom stereocenters. The van der Waals surface area contributed by atoms with E-state index in [4.69, 9.17) is 4.52 Å². The van der Waals surface area contributed by atoms with Crippen molar-refractivity contribution in [2.45, 2.75) is 44.4 Å². The molecular weight excluding hydrogens is 188 g/mol. The molecule has 1 aliphatic heterocycles. The minimum atomic E-state index is 0.577. The summed E-state index contributed by atoms with van der Waals surface area (Å²) in [5.41, 5.74) is 2.68. The van der Waals surface area contributed by atoms with Crippen LogP contribution in [0.15, 0.2) is 4.52 Å². The summed E-state index contributed by atoms with van der Waals surface area (Å²) < 4.78 is 5.57. The van der Waals surface area contributed by atoms with Crippen molar-refractivity contribution in [1.29, 1.82) is 0 Å². The van der Waals surface area contributed by atoms with E-state index in [2.05, 4.69) is 10.5 Å². The molecule has 1 aliphatic carbocycles. The molecule has 0 amide bonds. The highest BCUT2D eigenvalue weighted by Gasteiger charge is 2.26. The van der Waals surface area contributed by atoms with Crippen molar-refractivity contribution in [3.8, 4) is 0 Å². The number of aromatic nitrogens is 1. The molecule has 1 fully saturated rings. The Morgan fingerprint density at radius 3 is 3.00 bits per heavy atom. The second-order valence-electron chi connectivity index (χ2n) is 4.72. The van der Waals surface area contributed by atoms with Gasteiger partial charge >= 0.3 is 0 Å². The second-order valence-corrected chi connectivity index (χ2v) is 4.72. The smallest absolute Gasteiger partial charge is 0.144 e. The molecule has 2 aliphatic rings. The van der Waals surface area contributed by atoms with Crippen LogP contribution in [0.2, 0.25) is 0 Å². The Labute approximate surface area is 90.2 Å². The standard InChI is InChI=1S/C12H18N2O/c1-2-6-11-10(5-1)12(15-14-11)9-4-3-7-13-8-9/h9,13H,1-8H2. The average Bonchev–Trinajstić information content (AvgIpc) is 2.74. The van der Waals surface area contributed by atoms with Crippen molar-refractivity contribution in [3.63, 3.8) is 0 Å². The molecule has 1 saturated heterocycles. The zero-order chi connectivity index (χ0) is 10.1. The highest BCUT2D eigenvalue weighted by Crippen LogP contribution is 2.32. The zero-order valence-electron chi connectivity index (χ0n) is 9.09. The number of aryl methyl sites for hydroxylation is 1. The SMILES string of the molecule is C1CCc2c(noc2C2CCCNC2)C1. The summed E-state index contributed by atoms with van der Waals surface area (Å²) in [6, 6.07) is 0. The van der Waals surface area contributed by atoms with E-state index in [1.54, 1.807) is 0 Å². The fourth-order valence-electron chi connectivity index (χ4n) is 2.81. The molecule has 3 nitrogen and oxygen atoms in total. The third-order valence-electron chi connectivity index (χ3n) is 3.66. The average molecular weight is 206 g/mol. The summed E-state index contributed by atoms with van der Waals surface area (Å²) in [5.74, 6) is 1.77. The lowest BCUT2D eigenvalue weighted by atomic mass is 9.88. The predicted octanol–water partition coefficient (Wildman–Crippen LogP) is 2.02. The van der Waals surface area contributed by atoms with E-state index >= 15 is 0 Å². The van der Waals surface area contributed by atoms with E-state index in [-0.39, 0.29) is 0 Å². The lowest BCUT2D eigenvalue weighted by Gasteiger charge is -2.22. The quantitative estimate of drug-likeness (QED) is 0.764. The molecule has 1 N–H and O–H groups in total. The van der Waals surface area contributed by atoms with Gasteiger partial charge in [-0.3, -0.25) is 0 Å². The van der Waals surface area contributed by atoms with Crippen LogP contribution in [-0.4, -0.2) is 18.2 Å². The molecule has 1 atom stereocenters. The molecule has 15 heavy (non-hydrogen) atoms. The van der Waals surface area contributed by atoms with E-state index in [9.17, 15) is 0 Å². The number of fused-ring (bicyclic) bond motifs is 1. The van der Waals surface area contributed by atoms with Gasteiger partial charge in [0.15, 0.2) is 0 Å². The first-order valence-corrected chi connectivity index (χ1v) is 6.13. The first-order valence-electron chi connectivity index (χ1n) is 6.13. The molecule has 1 aromatic heterocycles. The Kier molecular flexibility index (Phi) is 2.49. The summed E-state index contributed by atoms with van der Waals surface area (Å²) in [7, 11) is 0. The molecule has 0 radical (unpaired) electrons. The number of piperidine rings is 1. The van der Waals surface area contributed by atoms with Crippen LogP contribution in [0, 0.1) is 0 Å². The molecule has 1 aromatic rings. The molecule has 2 heterocycles. The molecule has 0 bridgehead atoms. The van der Waals surface area contributed by atoms with Gasteiger partial charge in [-0.25, -0.2) is 0 Å². The first kappa shape index (κ1) is 9.40. The van der Waals surface area contributed by atoms with E-state index in [1.165, 1.54) is 49.1 Å². The number of nitrogens with one attached hydrogen (secondary N) is 1. The van der Waals surface area contributed by atoms with Gasteiger partial charge in [0, 0.05) is 18.0 Å². The summed E-state index contributed by atoms with van der Waals surface area (Å²) in [6.07, 6.45) is 7.42. The maximum atomic E-state index is 5.57. The fraction of sp³-hybridized carbons (Fsp3) is 0.750. The van der Waals surface area contributed by atoms with E-state index in [0.717, 1.165) is 19.5 Å². The molecular formula is C12H18N2O. The van der Waals surface area contributed by atoms with Crippen LogP contribution in [0.4, 0.5) is 0 Å². The van der Waals surface area contributed by atoms with Gasteiger partial charge in [-0.05, 0) is 45.1 Å². The van der Waals surface area contributed by atoms with Crippen molar-refractivity contribution < 1.29 is 4.52 Å².